The molecule has 6 heteroatoms. The number of hydrogen-bond donors (Lipinski definition) is 0. The Balaban J connectivity index is 1.04. The number of nitrogens with zero attached hydrogens (tertiary/aromatic N) is 4. The van der Waals surface area contributed by atoms with Crippen LogP contribution in [0.5, 0.6) is 0 Å². The molecule has 0 N–H and O–H groups in total. The summed E-state index contributed by atoms with van der Waals surface area (Å²) < 4.78 is 6.51. The minimum Gasteiger partial charge on any atom is -0.455 e. The van der Waals surface area contributed by atoms with E-state index in [0.29, 0.717) is 17.5 Å². The van der Waals surface area contributed by atoms with Gasteiger partial charge in [0.1, 0.15) is 11.2 Å². The van der Waals surface area contributed by atoms with E-state index in [2.05, 4.69) is 146 Å². The van der Waals surface area contributed by atoms with Gasteiger partial charge < -0.3 is 4.42 Å². The normalized spacial score (nSPS) is 13.3. The summed E-state index contributed by atoms with van der Waals surface area (Å²) in [6.07, 6.45) is 0. The van der Waals surface area contributed by atoms with E-state index >= 15 is 0 Å². The first-order valence-corrected chi connectivity index (χ1v) is 22.7. The van der Waals surface area contributed by atoms with E-state index in [4.69, 9.17) is 24.4 Å². The lowest BCUT2D eigenvalue weighted by Gasteiger charge is -2.40. The van der Waals surface area contributed by atoms with Gasteiger partial charge in [0, 0.05) is 53.4 Å². The van der Waals surface area contributed by atoms with Gasteiger partial charge in [-0.2, -0.15) is 0 Å². The van der Waals surface area contributed by atoms with Crippen molar-refractivity contribution in [2.24, 2.45) is 0 Å². The summed E-state index contributed by atoms with van der Waals surface area (Å²) in [5, 5.41) is 5.46. The Bertz CT molecular complexity index is 3890. The summed E-state index contributed by atoms with van der Waals surface area (Å²) in [5.41, 5.74) is 14.3. The first kappa shape index (κ1) is 36.3. The van der Waals surface area contributed by atoms with Crippen LogP contribution >= 0.6 is 11.8 Å². The molecule has 1 aliphatic heterocycles. The van der Waals surface area contributed by atoms with E-state index in [1.807, 2.05) is 72.4 Å². The molecule has 0 saturated heterocycles. The van der Waals surface area contributed by atoms with Crippen molar-refractivity contribution in [2.75, 3.05) is 0 Å². The number of furan rings is 1. The lowest BCUT2D eigenvalue weighted by molar-refractivity contribution is 0.669. The van der Waals surface area contributed by atoms with Gasteiger partial charge in [-0.15, -0.1) is 0 Å². The smallest absolute Gasteiger partial charge is 0.167 e. The molecule has 0 atom stereocenters. The molecule has 4 heterocycles. The Kier molecular flexibility index (Phi) is 7.77. The minimum absolute atomic E-state index is 0.501. The third kappa shape index (κ3) is 5.23. The van der Waals surface area contributed by atoms with Crippen molar-refractivity contribution in [3.05, 3.63) is 229 Å². The van der Waals surface area contributed by atoms with E-state index in [9.17, 15) is 0 Å². The SMILES string of the molecule is c1ccc(-c2nc(-c3ccc4c(c3)nc(-c3ccccc3)c3ccc5c(c34)Sc3ccccc3C53c4ccccc4-c4ccccc43)nc(-c3cccc4c3oc3ccccc34)n2)cc1. The molecule has 1 spiro atoms. The summed E-state index contributed by atoms with van der Waals surface area (Å²) >= 11 is 1.87. The molecule has 0 radical (unpaired) electrons. The fourth-order valence-corrected chi connectivity index (χ4v) is 12.0. The van der Waals surface area contributed by atoms with Crippen molar-refractivity contribution in [3.63, 3.8) is 0 Å². The number of hydrogen-bond acceptors (Lipinski definition) is 6. The van der Waals surface area contributed by atoms with Gasteiger partial charge >= 0.3 is 0 Å². The summed E-state index contributed by atoms with van der Waals surface area (Å²) in [5.74, 6) is 1.69. The second kappa shape index (κ2) is 13.9. The molecule has 0 bridgehead atoms. The standard InChI is InChI=1S/C59H34N4OS/c1-3-16-35(17-4-1)53-43-32-33-48-55(65-51-29-14-12-27-47(51)59(48)45-25-10-7-20-38(45)39-21-8-11-26-46(39)59)52(43)42-31-30-37(34-49(42)60-53)57-61-56(36-18-5-2-6-19-36)62-58(63-57)44-24-15-23-41-40-22-9-13-28-50(40)64-54(41)44/h1-34H. The summed E-state index contributed by atoms with van der Waals surface area (Å²) in [6, 6.07) is 73.2. The highest BCUT2D eigenvalue weighted by Crippen LogP contribution is 2.63. The van der Waals surface area contributed by atoms with Gasteiger partial charge in [-0.3, -0.25) is 0 Å². The fourth-order valence-electron chi connectivity index (χ4n) is 10.6. The molecule has 5 nitrogen and oxygen atoms in total. The van der Waals surface area contributed by atoms with Crippen LogP contribution in [0.15, 0.2) is 220 Å². The molecule has 3 aromatic heterocycles. The second-order valence-corrected chi connectivity index (χ2v) is 17.9. The molecule has 0 fully saturated rings. The summed E-state index contributed by atoms with van der Waals surface area (Å²) in [7, 11) is 0. The Labute approximate surface area is 378 Å². The Morgan fingerprint density at radius 2 is 0.985 bits per heavy atom. The molecule has 302 valence electrons. The highest BCUT2D eigenvalue weighted by Gasteiger charge is 2.50. The molecule has 2 aliphatic rings. The van der Waals surface area contributed by atoms with Crippen LogP contribution in [0.2, 0.25) is 0 Å². The average Bonchev–Trinajstić information content (AvgIpc) is 3.90. The van der Waals surface area contributed by atoms with Crippen molar-refractivity contribution >= 4 is 55.4 Å². The zero-order valence-electron chi connectivity index (χ0n) is 34.7. The molecule has 1 aliphatic carbocycles. The van der Waals surface area contributed by atoms with Gasteiger partial charge in [0.25, 0.3) is 0 Å². The van der Waals surface area contributed by atoms with Crippen LogP contribution < -0.4 is 0 Å². The topological polar surface area (TPSA) is 64.7 Å². The number of benzene rings is 9. The van der Waals surface area contributed by atoms with Crippen molar-refractivity contribution in [1.82, 2.24) is 19.9 Å². The Hall–Kier alpha value is -8.19. The number of rotatable bonds is 4. The highest BCUT2D eigenvalue weighted by atomic mass is 32.2. The van der Waals surface area contributed by atoms with Crippen molar-refractivity contribution in [3.8, 4) is 56.5 Å². The maximum Gasteiger partial charge on any atom is 0.167 e. The zero-order chi connectivity index (χ0) is 42.6. The third-order valence-electron chi connectivity index (χ3n) is 13.4. The third-order valence-corrected chi connectivity index (χ3v) is 14.6. The molecule has 14 rings (SSSR count). The largest absolute Gasteiger partial charge is 0.455 e. The number of aromatic nitrogens is 4. The van der Waals surface area contributed by atoms with Gasteiger partial charge in [-0.1, -0.05) is 194 Å². The van der Waals surface area contributed by atoms with Gasteiger partial charge in [0.2, 0.25) is 0 Å². The molecule has 12 aromatic rings. The molecule has 0 saturated carbocycles. The van der Waals surface area contributed by atoms with Crippen LogP contribution in [0, 0.1) is 0 Å². The van der Waals surface area contributed by atoms with Gasteiger partial charge in [0.15, 0.2) is 17.5 Å². The van der Waals surface area contributed by atoms with Gasteiger partial charge in [-0.25, -0.2) is 19.9 Å². The van der Waals surface area contributed by atoms with E-state index in [1.54, 1.807) is 0 Å². The predicted molar refractivity (Wildman–Crippen MR) is 263 cm³/mol. The van der Waals surface area contributed by atoms with Crippen LogP contribution in [0.3, 0.4) is 0 Å². The maximum absolute atomic E-state index is 6.51. The van der Waals surface area contributed by atoms with E-state index < -0.39 is 5.41 Å². The van der Waals surface area contributed by atoms with Gasteiger partial charge in [0.05, 0.1) is 22.2 Å². The van der Waals surface area contributed by atoms with E-state index in [-0.39, 0.29) is 0 Å². The maximum atomic E-state index is 6.51. The Morgan fingerprint density at radius 1 is 0.385 bits per heavy atom. The van der Waals surface area contributed by atoms with Crippen molar-refractivity contribution in [2.45, 2.75) is 15.2 Å². The van der Waals surface area contributed by atoms with Crippen LogP contribution in [-0.2, 0) is 5.41 Å². The zero-order valence-corrected chi connectivity index (χ0v) is 35.6. The lowest BCUT2D eigenvalue weighted by Crippen LogP contribution is -2.32. The summed E-state index contributed by atoms with van der Waals surface area (Å²) in [4.78, 5) is 23.6. The predicted octanol–water partition coefficient (Wildman–Crippen LogP) is 15.0. The van der Waals surface area contributed by atoms with Crippen LogP contribution in [0.1, 0.15) is 22.3 Å². The minimum atomic E-state index is -0.501. The first-order valence-electron chi connectivity index (χ1n) is 21.9. The molecule has 9 aromatic carbocycles. The molecule has 0 unspecified atom stereocenters. The van der Waals surface area contributed by atoms with Gasteiger partial charge in [-0.05, 0) is 57.6 Å². The molecular weight excluding hydrogens is 813 g/mol. The Morgan fingerprint density at radius 3 is 1.77 bits per heavy atom. The number of para-hydroxylation sites is 2. The molecular formula is C59H34N4OS. The van der Waals surface area contributed by atoms with Crippen molar-refractivity contribution < 1.29 is 4.42 Å². The first-order chi connectivity index (χ1) is 32.2. The van der Waals surface area contributed by atoms with E-state index in [1.165, 1.54) is 48.6 Å². The highest BCUT2D eigenvalue weighted by molar-refractivity contribution is 7.99. The van der Waals surface area contributed by atoms with Crippen LogP contribution in [0.4, 0.5) is 0 Å². The second-order valence-electron chi connectivity index (χ2n) is 16.8. The monoisotopic (exact) mass is 846 g/mol. The quantitative estimate of drug-likeness (QED) is 0.164. The molecule has 65 heavy (non-hydrogen) atoms. The average molecular weight is 847 g/mol. The van der Waals surface area contributed by atoms with Crippen LogP contribution in [0.25, 0.3) is 100 Å². The van der Waals surface area contributed by atoms with Crippen LogP contribution in [-0.4, -0.2) is 19.9 Å². The number of fused-ring (bicyclic) bond motifs is 16. The molecule has 0 amide bonds. The van der Waals surface area contributed by atoms with Crippen molar-refractivity contribution in [1.29, 1.82) is 0 Å². The lowest BCUT2D eigenvalue weighted by atomic mass is 9.67. The van der Waals surface area contributed by atoms with E-state index in [0.717, 1.165) is 66.2 Å². The summed E-state index contributed by atoms with van der Waals surface area (Å²) in [6.45, 7) is 0. The number of pyridine rings is 1. The fraction of sp³-hybridized carbons (Fsp3) is 0.0169.